The smallest absolute Gasteiger partial charge is 0.264 e. The van der Waals surface area contributed by atoms with Crippen LogP contribution in [0.2, 0.25) is 0 Å². The Morgan fingerprint density at radius 1 is 0.556 bits per heavy atom. The van der Waals surface area contributed by atoms with Gasteiger partial charge in [0.05, 0.1) is 44.0 Å². The zero-order valence-electron chi connectivity index (χ0n) is 25.7. The summed E-state index contributed by atoms with van der Waals surface area (Å²) >= 11 is 15.5. The lowest BCUT2D eigenvalue weighted by molar-refractivity contribution is 0.583. The van der Waals surface area contributed by atoms with Crippen molar-refractivity contribution < 1.29 is 16.8 Å². The Balaban J connectivity index is 1.51. The first kappa shape index (κ1) is 35.2. The van der Waals surface area contributed by atoms with Gasteiger partial charge in [-0.3, -0.25) is 8.61 Å². The molecule has 0 fully saturated rings. The third-order valence-electron chi connectivity index (χ3n) is 7.06. The van der Waals surface area contributed by atoms with Gasteiger partial charge in [0.25, 0.3) is 20.0 Å². The van der Waals surface area contributed by atoms with Crippen molar-refractivity contribution in [1.82, 2.24) is 0 Å². The van der Waals surface area contributed by atoms with Crippen LogP contribution in [0.3, 0.4) is 0 Å². The van der Waals surface area contributed by atoms with Gasteiger partial charge in [-0.05, 0) is 76.2 Å². The second kappa shape index (κ2) is 14.4. The Bertz CT molecular complexity index is 1630. The molecule has 11 heteroatoms. The molecule has 2 atom stereocenters. The number of aryl methyl sites for hydroxylation is 2. The van der Waals surface area contributed by atoms with Crippen molar-refractivity contribution >= 4 is 66.4 Å². The van der Waals surface area contributed by atoms with Crippen molar-refractivity contribution in [2.24, 2.45) is 0 Å². The lowest BCUT2D eigenvalue weighted by Gasteiger charge is -2.34. The lowest BCUT2D eigenvalue weighted by Crippen LogP contribution is -2.44. The van der Waals surface area contributed by atoms with E-state index in [1.165, 1.54) is 20.4 Å². The number of thioether (sulfide) groups is 1. The molecule has 0 saturated heterocycles. The van der Waals surface area contributed by atoms with Crippen LogP contribution in [0.1, 0.15) is 25.0 Å². The largest absolute Gasteiger partial charge is 0.265 e. The van der Waals surface area contributed by atoms with E-state index in [9.17, 15) is 16.8 Å². The molecule has 0 spiro atoms. The standard InChI is InChI=1S/C34H38Cl2N2O4S3/c1-27-15-19-31(20-16-27)44(39,40)37(29-11-7-5-8-12-29)23-33(3,35)25-43-26-34(4,36)24-38(30-13-9-6-10-14-30)45(41,42)32-21-17-28(2)18-22-32/h5-22H,23-26H2,1-4H3/t33-,34+. The fourth-order valence-corrected chi connectivity index (χ4v) is 9.82. The van der Waals surface area contributed by atoms with Gasteiger partial charge >= 0.3 is 0 Å². The number of alkyl halides is 2. The van der Waals surface area contributed by atoms with Crippen LogP contribution in [0.4, 0.5) is 11.4 Å². The Kier molecular flexibility index (Phi) is 11.2. The molecule has 0 aliphatic rings. The first-order valence-electron chi connectivity index (χ1n) is 14.4. The van der Waals surface area contributed by atoms with E-state index in [2.05, 4.69) is 0 Å². The number of anilines is 2. The highest BCUT2D eigenvalue weighted by atomic mass is 35.5. The van der Waals surface area contributed by atoms with E-state index < -0.39 is 29.8 Å². The predicted octanol–water partition coefficient (Wildman–Crippen LogP) is 8.12. The first-order chi connectivity index (χ1) is 21.1. The number of sulfonamides is 2. The zero-order valence-corrected chi connectivity index (χ0v) is 29.7. The van der Waals surface area contributed by atoms with Crippen LogP contribution in [0.5, 0.6) is 0 Å². The van der Waals surface area contributed by atoms with E-state index in [1.807, 2.05) is 26.0 Å². The minimum atomic E-state index is -3.91. The van der Waals surface area contributed by atoms with Gasteiger partial charge in [0, 0.05) is 11.5 Å². The molecule has 0 saturated carbocycles. The molecule has 0 aliphatic carbocycles. The van der Waals surface area contributed by atoms with Crippen molar-refractivity contribution in [1.29, 1.82) is 0 Å². The minimum absolute atomic E-state index is 0.0126. The topological polar surface area (TPSA) is 74.8 Å². The van der Waals surface area contributed by atoms with E-state index in [4.69, 9.17) is 23.2 Å². The maximum atomic E-state index is 13.8. The number of benzene rings is 4. The maximum Gasteiger partial charge on any atom is 0.264 e. The highest BCUT2D eigenvalue weighted by Gasteiger charge is 2.36. The number of halogens is 2. The van der Waals surface area contributed by atoms with E-state index in [1.54, 1.807) is 111 Å². The summed E-state index contributed by atoms with van der Waals surface area (Å²) in [4.78, 5) is -1.58. The summed E-state index contributed by atoms with van der Waals surface area (Å²) in [7, 11) is -7.82. The molecule has 4 rings (SSSR count). The summed E-state index contributed by atoms with van der Waals surface area (Å²) in [6.45, 7) is 7.43. The SMILES string of the molecule is Cc1ccc(S(=O)(=O)N(C[C@@](C)(Cl)CSC[C@@](C)(Cl)CN(c2ccccc2)S(=O)(=O)c2ccc(C)cc2)c2ccccc2)cc1. The van der Waals surface area contributed by atoms with Crippen molar-refractivity contribution in [3.63, 3.8) is 0 Å². The predicted molar refractivity (Wildman–Crippen MR) is 190 cm³/mol. The molecule has 45 heavy (non-hydrogen) atoms. The molecule has 0 unspecified atom stereocenters. The van der Waals surface area contributed by atoms with Crippen LogP contribution < -0.4 is 8.61 Å². The number of para-hydroxylation sites is 2. The van der Waals surface area contributed by atoms with Gasteiger partial charge in [0.2, 0.25) is 0 Å². The average molecular weight is 706 g/mol. The molecule has 0 amide bonds. The number of nitrogens with zero attached hydrogens (tertiary/aromatic N) is 2. The van der Waals surface area contributed by atoms with Crippen molar-refractivity contribution in [3.05, 3.63) is 120 Å². The van der Waals surface area contributed by atoms with E-state index >= 15 is 0 Å². The molecule has 0 radical (unpaired) electrons. The maximum absolute atomic E-state index is 13.8. The van der Waals surface area contributed by atoms with Crippen LogP contribution in [0.25, 0.3) is 0 Å². The fourth-order valence-electron chi connectivity index (χ4n) is 4.66. The fraction of sp³-hybridized carbons (Fsp3) is 0.294. The summed E-state index contributed by atoms with van der Waals surface area (Å²) in [5, 5.41) is 0. The van der Waals surface area contributed by atoms with Crippen LogP contribution in [-0.4, -0.2) is 51.2 Å². The second-order valence-electron chi connectivity index (χ2n) is 11.6. The summed E-state index contributed by atoms with van der Waals surface area (Å²) < 4.78 is 58.0. The van der Waals surface area contributed by atoms with E-state index in [0.29, 0.717) is 22.9 Å². The summed E-state index contributed by atoms with van der Waals surface area (Å²) in [5.74, 6) is 0.722. The number of hydrogen-bond acceptors (Lipinski definition) is 5. The Morgan fingerprint density at radius 3 is 1.18 bits per heavy atom. The Morgan fingerprint density at radius 2 is 0.867 bits per heavy atom. The van der Waals surface area contributed by atoms with Gasteiger partial charge in [0.15, 0.2) is 0 Å². The summed E-state index contributed by atoms with van der Waals surface area (Å²) in [6, 6.07) is 31.3. The van der Waals surface area contributed by atoms with Crippen LogP contribution in [0.15, 0.2) is 119 Å². The number of hydrogen-bond donors (Lipinski definition) is 0. The summed E-state index contributed by atoms with van der Waals surface area (Å²) in [6.07, 6.45) is 0. The highest BCUT2D eigenvalue weighted by Crippen LogP contribution is 2.34. The normalized spacial score (nSPS) is 14.7. The van der Waals surface area contributed by atoms with Crippen LogP contribution in [0, 0.1) is 13.8 Å². The van der Waals surface area contributed by atoms with Gasteiger partial charge in [-0.25, -0.2) is 16.8 Å². The monoisotopic (exact) mass is 704 g/mol. The third-order valence-corrected chi connectivity index (χ3v) is 13.1. The Labute approximate surface area is 282 Å². The second-order valence-corrected chi connectivity index (χ2v) is 18.2. The van der Waals surface area contributed by atoms with Crippen LogP contribution in [-0.2, 0) is 20.0 Å². The molecule has 4 aromatic rings. The van der Waals surface area contributed by atoms with Crippen molar-refractivity contribution in [2.75, 3.05) is 33.2 Å². The third kappa shape index (κ3) is 9.20. The highest BCUT2D eigenvalue weighted by molar-refractivity contribution is 7.99. The molecule has 0 bridgehead atoms. The molecular formula is C34H38Cl2N2O4S3. The molecule has 0 aliphatic heterocycles. The van der Waals surface area contributed by atoms with Crippen molar-refractivity contribution in [2.45, 2.75) is 47.2 Å². The quantitative estimate of drug-likeness (QED) is 0.124. The molecular weight excluding hydrogens is 667 g/mol. The van der Waals surface area contributed by atoms with E-state index in [0.717, 1.165) is 11.1 Å². The summed E-state index contributed by atoms with van der Waals surface area (Å²) in [5.41, 5.74) is 2.94. The average Bonchev–Trinajstić information content (AvgIpc) is 3.00. The molecule has 0 heterocycles. The zero-order chi connectivity index (χ0) is 32.9. The molecule has 0 aromatic heterocycles. The van der Waals surface area contributed by atoms with Crippen LogP contribution >= 0.6 is 35.0 Å². The van der Waals surface area contributed by atoms with Gasteiger partial charge in [-0.2, -0.15) is 11.8 Å². The van der Waals surface area contributed by atoms with Gasteiger partial charge < -0.3 is 0 Å². The molecule has 0 N–H and O–H groups in total. The molecule has 240 valence electrons. The number of rotatable bonds is 14. The lowest BCUT2D eigenvalue weighted by atomic mass is 10.2. The van der Waals surface area contributed by atoms with Gasteiger partial charge in [-0.15, -0.1) is 23.2 Å². The van der Waals surface area contributed by atoms with Crippen molar-refractivity contribution in [3.8, 4) is 0 Å². The van der Waals surface area contributed by atoms with E-state index in [-0.39, 0.29) is 22.9 Å². The molecule has 6 nitrogen and oxygen atoms in total. The Hall–Kier alpha value is -2.69. The minimum Gasteiger partial charge on any atom is -0.265 e. The van der Waals surface area contributed by atoms with Gasteiger partial charge in [-0.1, -0.05) is 71.8 Å². The molecule has 4 aromatic carbocycles. The first-order valence-corrected chi connectivity index (χ1v) is 19.1. The van der Waals surface area contributed by atoms with Gasteiger partial charge in [0.1, 0.15) is 0 Å².